The van der Waals surface area contributed by atoms with Gasteiger partial charge in [0, 0.05) is 18.6 Å². The van der Waals surface area contributed by atoms with E-state index in [1.54, 1.807) is 23.1 Å². The summed E-state index contributed by atoms with van der Waals surface area (Å²) in [6, 6.07) is 5.39. The number of hydrogen-bond donors (Lipinski definition) is 1. The second-order valence-corrected chi connectivity index (χ2v) is 5.54. The molecule has 2 N–H and O–H groups in total. The topological polar surface area (TPSA) is 46.3 Å². The van der Waals surface area contributed by atoms with Crippen LogP contribution >= 0.6 is 23.2 Å². The Kier molecular flexibility index (Phi) is 4.15. The molecule has 3 nitrogen and oxygen atoms in total. The minimum atomic E-state index is -0.106. The van der Waals surface area contributed by atoms with Crippen molar-refractivity contribution in [3.05, 3.63) is 33.8 Å². The van der Waals surface area contributed by atoms with Gasteiger partial charge in [0.1, 0.15) is 0 Å². The fourth-order valence-electron chi connectivity index (χ4n) is 2.36. The van der Waals surface area contributed by atoms with Gasteiger partial charge in [0.15, 0.2) is 0 Å². The van der Waals surface area contributed by atoms with E-state index in [0.29, 0.717) is 22.2 Å². The first kappa shape index (κ1) is 13.7. The van der Waals surface area contributed by atoms with Gasteiger partial charge in [0.2, 0.25) is 0 Å². The Bertz CT molecular complexity index is 444. The van der Waals surface area contributed by atoms with Crippen LogP contribution in [-0.4, -0.2) is 29.4 Å². The minimum Gasteiger partial charge on any atom is -0.336 e. The van der Waals surface area contributed by atoms with E-state index in [9.17, 15) is 4.79 Å². The number of halogens is 2. The van der Waals surface area contributed by atoms with Crippen LogP contribution in [0.25, 0.3) is 0 Å². The normalized spacial score (nSPS) is 24.1. The SMILES string of the molecule is CC1CC(N)CCN1C(=O)c1c(Cl)cccc1Cl. The van der Waals surface area contributed by atoms with Crippen molar-refractivity contribution in [1.29, 1.82) is 0 Å². The number of nitrogens with zero attached hydrogens (tertiary/aromatic N) is 1. The maximum absolute atomic E-state index is 12.5. The average molecular weight is 287 g/mol. The summed E-state index contributed by atoms with van der Waals surface area (Å²) in [4.78, 5) is 14.3. The van der Waals surface area contributed by atoms with Crippen LogP contribution in [0.2, 0.25) is 10.0 Å². The Balaban J connectivity index is 2.26. The molecule has 1 fully saturated rings. The molecule has 1 heterocycles. The maximum atomic E-state index is 12.5. The van der Waals surface area contributed by atoms with Gasteiger partial charge < -0.3 is 10.6 Å². The van der Waals surface area contributed by atoms with Crippen LogP contribution in [0, 0.1) is 0 Å². The van der Waals surface area contributed by atoms with Gasteiger partial charge in [-0.3, -0.25) is 4.79 Å². The molecular weight excluding hydrogens is 271 g/mol. The quantitative estimate of drug-likeness (QED) is 0.863. The molecule has 2 atom stereocenters. The summed E-state index contributed by atoms with van der Waals surface area (Å²) < 4.78 is 0. The lowest BCUT2D eigenvalue weighted by Crippen LogP contribution is -2.48. The largest absolute Gasteiger partial charge is 0.336 e. The van der Waals surface area contributed by atoms with Crippen LogP contribution in [-0.2, 0) is 0 Å². The maximum Gasteiger partial charge on any atom is 0.257 e. The van der Waals surface area contributed by atoms with Crippen LogP contribution in [0.3, 0.4) is 0 Å². The summed E-state index contributed by atoms with van der Waals surface area (Å²) in [5, 5.41) is 0.796. The number of likely N-dealkylation sites (tertiary alicyclic amines) is 1. The zero-order valence-electron chi connectivity index (χ0n) is 10.2. The van der Waals surface area contributed by atoms with Crippen LogP contribution in [0.5, 0.6) is 0 Å². The van der Waals surface area contributed by atoms with Crippen molar-refractivity contribution in [2.75, 3.05) is 6.54 Å². The molecule has 5 heteroatoms. The second kappa shape index (κ2) is 5.47. The molecule has 1 amide bonds. The molecule has 0 aliphatic carbocycles. The molecule has 2 rings (SSSR count). The molecule has 18 heavy (non-hydrogen) atoms. The van der Waals surface area contributed by atoms with E-state index in [0.717, 1.165) is 12.8 Å². The van der Waals surface area contributed by atoms with E-state index >= 15 is 0 Å². The second-order valence-electron chi connectivity index (χ2n) is 4.73. The van der Waals surface area contributed by atoms with E-state index in [4.69, 9.17) is 28.9 Å². The summed E-state index contributed by atoms with van der Waals surface area (Å²) in [6.45, 7) is 2.66. The molecule has 1 aromatic carbocycles. The third kappa shape index (κ3) is 2.63. The molecule has 2 unspecified atom stereocenters. The van der Waals surface area contributed by atoms with Crippen molar-refractivity contribution in [1.82, 2.24) is 4.90 Å². The van der Waals surface area contributed by atoms with Gasteiger partial charge in [-0.05, 0) is 31.9 Å². The number of amides is 1. The molecule has 1 aromatic rings. The summed E-state index contributed by atoms with van der Waals surface area (Å²) >= 11 is 12.1. The molecule has 1 aliphatic rings. The number of nitrogens with two attached hydrogens (primary N) is 1. The highest BCUT2D eigenvalue weighted by molar-refractivity contribution is 6.39. The lowest BCUT2D eigenvalue weighted by Gasteiger charge is -2.36. The lowest BCUT2D eigenvalue weighted by molar-refractivity contribution is 0.0619. The van der Waals surface area contributed by atoms with Crippen LogP contribution in [0.15, 0.2) is 18.2 Å². The number of carbonyl (C=O) groups excluding carboxylic acids is 1. The molecule has 0 saturated carbocycles. The number of piperidine rings is 1. The highest BCUT2D eigenvalue weighted by atomic mass is 35.5. The van der Waals surface area contributed by atoms with Gasteiger partial charge in [-0.2, -0.15) is 0 Å². The molecule has 0 spiro atoms. The molecule has 0 radical (unpaired) electrons. The third-order valence-corrected chi connectivity index (χ3v) is 3.98. The van der Waals surface area contributed by atoms with Crippen LogP contribution < -0.4 is 5.73 Å². The Morgan fingerprint density at radius 2 is 2.00 bits per heavy atom. The predicted molar refractivity (Wildman–Crippen MR) is 74.2 cm³/mol. The van der Waals surface area contributed by atoms with Gasteiger partial charge in [-0.15, -0.1) is 0 Å². The van der Waals surface area contributed by atoms with E-state index in [1.807, 2.05) is 6.92 Å². The fourth-order valence-corrected chi connectivity index (χ4v) is 2.92. The molecule has 0 aromatic heterocycles. The van der Waals surface area contributed by atoms with Crippen LogP contribution in [0.4, 0.5) is 0 Å². The first-order valence-electron chi connectivity index (χ1n) is 6.01. The number of rotatable bonds is 1. The number of carbonyl (C=O) groups is 1. The van der Waals surface area contributed by atoms with Crippen molar-refractivity contribution >= 4 is 29.1 Å². The van der Waals surface area contributed by atoms with Crippen molar-refractivity contribution < 1.29 is 4.79 Å². The Morgan fingerprint density at radius 1 is 1.39 bits per heavy atom. The van der Waals surface area contributed by atoms with Gasteiger partial charge in [-0.25, -0.2) is 0 Å². The Hall–Kier alpha value is -0.770. The third-order valence-electron chi connectivity index (χ3n) is 3.35. The fraction of sp³-hybridized carbons (Fsp3) is 0.462. The Morgan fingerprint density at radius 3 is 2.56 bits per heavy atom. The predicted octanol–water partition coefficient (Wildman–Crippen LogP) is 2.95. The number of benzene rings is 1. The molecular formula is C13H16Cl2N2O. The molecule has 1 aliphatic heterocycles. The summed E-state index contributed by atoms with van der Waals surface area (Å²) in [6.07, 6.45) is 1.63. The average Bonchev–Trinajstić information content (AvgIpc) is 2.28. The van der Waals surface area contributed by atoms with Crippen molar-refractivity contribution in [2.45, 2.75) is 31.8 Å². The highest BCUT2D eigenvalue weighted by Gasteiger charge is 2.29. The summed E-state index contributed by atoms with van der Waals surface area (Å²) in [5.74, 6) is -0.106. The van der Waals surface area contributed by atoms with Crippen molar-refractivity contribution in [3.8, 4) is 0 Å². The van der Waals surface area contributed by atoms with E-state index in [2.05, 4.69) is 0 Å². The number of hydrogen-bond acceptors (Lipinski definition) is 2. The van der Waals surface area contributed by atoms with E-state index in [-0.39, 0.29) is 18.0 Å². The standard InChI is InChI=1S/C13H16Cl2N2O/c1-8-7-9(16)5-6-17(8)13(18)12-10(14)3-2-4-11(12)15/h2-4,8-9H,5-7,16H2,1H3. The zero-order chi connectivity index (χ0) is 13.3. The van der Waals surface area contributed by atoms with E-state index in [1.165, 1.54) is 0 Å². The van der Waals surface area contributed by atoms with Crippen molar-refractivity contribution in [2.24, 2.45) is 5.73 Å². The van der Waals surface area contributed by atoms with Gasteiger partial charge >= 0.3 is 0 Å². The summed E-state index contributed by atoms with van der Waals surface area (Å²) in [5.41, 5.74) is 6.29. The summed E-state index contributed by atoms with van der Waals surface area (Å²) in [7, 11) is 0. The molecule has 0 bridgehead atoms. The molecule has 1 saturated heterocycles. The minimum absolute atomic E-state index is 0.106. The van der Waals surface area contributed by atoms with Gasteiger partial charge in [-0.1, -0.05) is 29.3 Å². The van der Waals surface area contributed by atoms with Gasteiger partial charge in [0.05, 0.1) is 15.6 Å². The zero-order valence-corrected chi connectivity index (χ0v) is 11.7. The highest BCUT2D eigenvalue weighted by Crippen LogP contribution is 2.28. The lowest BCUT2D eigenvalue weighted by atomic mass is 9.98. The smallest absolute Gasteiger partial charge is 0.257 e. The Labute approximate surface area is 117 Å². The van der Waals surface area contributed by atoms with Crippen molar-refractivity contribution in [3.63, 3.8) is 0 Å². The first-order valence-corrected chi connectivity index (χ1v) is 6.77. The van der Waals surface area contributed by atoms with Gasteiger partial charge in [0.25, 0.3) is 5.91 Å². The van der Waals surface area contributed by atoms with E-state index < -0.39 is 0 Å². The molecule has 98 valence electrons. The first-order chi connectivity index (χ1) is 8.50. The van der Waals surface area contributed by atoms with Crippen LogP contribution in [0.1, 0.15) is 30.1 Å². The monoisotopic (exact) mass is 286 g/mol.